The van der Waals surface area contributed by atoms with Gasteiger partial charge < -0.3 is 25.0 Å². The lowest BCUT2D eigenvalue weighted by atomic mass is 9.85. The largest absolute Gasteiger partial charge is 0.497 e. The minimum atomic E-state index is -4.39. The van der Waals surface area contributed by atoms with Gasteiger partial charge in [-0.25, -0.2) is 22.6 Å². The fraction of sp³-hybridized carbons (Fsp3) is 0.378. The maximum atomic E-state index is 14.8. The molecule has 322 valence electrons. The van der Waals surface area contributed by atoms with Crippen molar-refractivity contribution >= 4 is 33.8 Å². The summed E-state index contributed by atoms with van der Waals surface area (Å²) in [4.78, 5) is 72.3. The number of alkyl carbamates (subject to hydrolysis) is 1. The average molecular weight is 853 g/mol. The third-order valence-corrected chi connectivity index (χ3v) is 12.1. The quantitative estimate of drug-likeness (QED) is 0.159. The first kappa shape index (κ1) is 44.3. The molecule has 0 bridgehead atoms. The van der Waals surface area contributed by atoms with Gasteiger partial charge in [-0.15, -0.1) is 6.58 Å². The molecular weight excluding hydrogens is 801 g/mol. The molecule has 0 spiro atoms. The van der Waals surface area contributed by atoms with Crippen LogP contribution in [0.5, 0.6) is 5.75 Å². The van der Waals surface area contributed by atoms with Gasteiger partial charge in [-0.3, -0.25) is 19.2 Å². The highest BCUT2D eigenvalue weighted by Gasteiger charge is 2.61. The van der Waals surface area contributed by atoms with E-state index in [9.17, 15) is 32.4 Å². The summed E-state index contributed by atoms with van der Waals surface area (Å²) in [5, 5.41) is 10.1. The number of rotatable bonds is 12. The van der Waals surface area contributed by atoms with Crippen LogP contribution in [0.25, 0.3) is 22.3 Å². The van der Waals surface area contributed by atoms with Gasteiger partial charge in [-0.1, -0.05) is 87.5 Å². The van der Waals surface area contributed by atoms with Crippen molar-refractivity contribution < 1.29 is 37.1 Å². The van der Waals surface area contributed by atoms with Gasteiger partial charge in [0.2, 0.25) is 11.8 Å². The molecule has 4 amide bonds. The van der Waals surface area contributed by atoms with Crippen LogP contribution < -0.4 is 25.7 Å². The highest BCUT2D eigenvalue weighted by molar-refractivity contribution is 7.90. The van der Waals surface area contributed by atoms with E-state index in [4.69, 9.17) is 9.47 Å². The van der Waals surface area contributed by atoms with E-state index >= 15 is 0 Å². The van der Waals surface area contributed by atoms with Gasteiger partial charge in [-0.2, -0.15) is 5.10 Å². The van der Waals surface area contributed by atoms with Crippen LogP contribution in [-0.4, -0.2) is 83.8 Å². The number of carbonyl (C=O) groups excluding carboxylic acids is 4. The van der Waals surface area contributed by atoms with Gasteiger partial charge >= 0.3 is 6.09 Å². The average Bonchev–Trinajstić information content (AvgIpc) is 3.75. The molecule has 5 atom stereocenters. The summed E-state index contributed by atoms with van der Waals surface area (Å²) in [6.07, 6.45) is 2.10. The highest BCUT2D eigenvalue weighted by atomic mass is 32.2. The number of ether oxygens (including phenoxy) is 2. The van der Waals surface area contributed by atoms with Gasteiger partial charge in [0.05, 0.1) is 29.8 Å². The Balaban J connectivity index is 1.38. The maximum absolute atomic E-state index is 14.8. The minimum Gasteiger partial charge on any atom is -0.497 e. The van der Waals surface area contributed by atoms with E-state index in [1.54, 1.807) is 47.7 Å². The van der Waals surface area contributed by atoms with Crippen LogP contribution in [0.4, 0.5) is 4.79 Å². The Morgan fingerprint density at radius 1 is 0.918 bits per heavy atom. The number of nitrogens with one attached hydrogen (secondary N) is 3. The van der Waals surface area contributed by atoms with Crippen LogP contribution >= 0.6 is 0 Å². The number of carbonyl (C=O) groups is 4. The Labute approximate surface area is 355 Å². The number of sulfonamides is 1. The molecule has 3 N–H and O–H groups in total. The lowest BCUT2D eigenvalue weighted by Crippen LogP contribution is -2.60. The van der Waals surface area contributed by atoms with Crippen molar-refractivity contribution in [3.8, 4) is 28.0 Å². The molecule has 1 saturated heterocycles. The molecule has 2 fully saturated rings. The number of nitrogens with zero attached hydrogens (tertiary/aromatic N) is 3. The van der Waals surface area contributed by atoms with E-state index in [1.807, 2.05) is 60.7 Å². The Morgan fingerprint density at radius 2 is 1.52 bits per heavy atom. The second-order valence-electron chi connectivity index (χ2n) is 17.4. The normalized spacial score (nSPS) is 20.5. The zero-order chi connectivity index (χ0) is 44.5. The Morgan fingerprint density at radius 3 is 2.07 bits per heavy atom. The molecular formula is C45H52N6O9S. The maximum Gasteiger partial charge on any atom is 0.408 e. The Kier molecular flexibility index (Phi) is 12.3. The molecule has 1 aliphatic carbocycles. The van der Waals surface area contributed by atoms with Crippen molar-refractivity contribution in [2.45, 2.75) is 88.5 Å². The monoisotopic (exact) mass is 852 g/mol. The number of methoxy groups -OCH3 is 1. The van der Waals surface area contributed by atoms with E-state index < -0.39 is 80.0 Å². The minimum absolute atomic E-state index is 0.0313. The second-order valence-corrected chi connectivity index (χ2v) is 19.1. The number of hydrogen-bond donors (Lipinski definition) is 3. The van der Waals surface area contributed by atoms with Crippen molar-refractivity contribution in [2.24, 2.45) is 11.3 Å². The molecule has 3 aromatic carbocycles. The van der Waals surface area contributed by atoms with Crippen molar-refractivity contribution in [3.63, 3.8) is 0 Å². The van der Waals surface area contributed by atoms with Gasteiger partial charge in [-0.05, 0) is 68.0 Å². The highest BCUT2D eigenvalue weighted by Crippen LogP contribution is 2.45. The molecule has 16 heteroatoms. The smallest absolute Gasteiger partial charge is 0.408 e. The van der Waals surface area contributed by atoms with E-state index in [2.05, 4.69) is 27.0 Å². The standard InChI is InChI=1S/C45H52N6O9S/c1-9-30-25-45(30,41(55)49-61(57,58)33-22-20-32(59-8)21-23-33)48-38(52)35-24-31(27-50(35)40(54)37(43(2,3)4)47-42(56)60-44(5,6)7)51-39(53)36(29-18-14-11-15-19-29)34(26-46-51)28-16-12-10-13-17-28/h9-23,26,30-31,35,37H,1,24-25,27H2,2-8H3,(H,47,56)(H,48,52)(H,49,55)/t30-,31-,35+,37-,45-/m1/s1. The van der Waals surface area contributed by atoms with E-state index in [0.717, 1.165) is 5.56 Å². The molecule has 1 aliphatic heterocycles. The third-order valence-electron chi connectivity index (χ3n) is 10.8. The van der Waals surface area contributed by atoms with E-state index in [-0.39, 0.29) is 24.3 Å². The van der Waals surface area contributed by atoms with E-state index in [1.165, 1.54) is 47.0 Å². The summed E-state index contributed by atoms with van der Waals surface area (Å²) >= 11 is 0. The van der Waals surface area contributed by atoms with Crippen LogP contribution in [0.2, 0.25) is 0 Å². The summed E-state index contributed by atoms with van der Waals surface area (Å²) in [6.45, 7) is 13.9. The number of amides is 4. The molecule has 61 heavy (non-hydrogen) atoms. The molecule has 15 nitrogen and oxygen atoms in total. The Bertz CT molecular complexity index is 2480. The zero-order valence-electron chi connectivity index (χ0n) is 35.3. The Hall–Kier alpha value is -6.29. The van der Waals surface area contributed by atoms with Gasteiger partial charge in [0.1, 0.15) is 29.0 Å². The van der Waals surface area contributed by atoms with Crippen molar-refractivity contribution in [1.82, 2.24) is 30.0 Å². The SMILES string of the molecule is C=C[C@@H]1C[C@]1(NC(=O)[C@@H]1C[C@@H](n2ncc(-c3ccccc3)c(-c3ccccc3)c2=O)CN1C(=O)[C@@H](NC(=O)OC(C)(C)C)C(C)(C)C)C(=O)NS(=O)(=O)c1ccc(OC)cc1. The fourth-order valence-corrected chi connectivity index (χ4v) is 8.57. The summed E-state index contributed by atoms with van der Waals surface area (Å²) in [7, 11) is -2.96. The van der Waals surface area contributed by atoms with Gasteiger partial charge in [0.25, 0.3) is 21.5 Å². The van der Waals surface area contributed by atoms with E-state index in [0.29, 0.717) is 22.4 Å². The zero-order valence-corrected chi connectivity index (χ0v) is 36.1. The van der Waals surface area contributed by atoms with Gasteiger partial charge in [0, 0.05) is 24.4 Å². The molecule has 0 radical (unpaired) electrons. The first-order valence-corrected chi connectivity index (χ1v) is 21.4. The molecule has 2 aliphatic rings. The summed E-state index contributed by atoms with van der Waals surface area (Å²) in [5.74, 6) is -2.65. The second kappa shape index (κ2) is 17.0. The fourth-order valence-electron chi connectivity index (χ4n) is 7.53. The van der Waals surface area contributed by atoms with Gasteiger partial charge in [0.15, 0.2) is 0 Å². The molecule has 4 aromatic rings. The van der Waals surface area contributed by atoms with Crippen LogP contribution in [0, 0.1) is 11.3 Å². The van der Waals surface area contributed by atoms with Crippen LogP contribution in [0.15, 0.2) is 113 Å². The van der Waals surface area contributed by atoms with Crippen molar-refractivity contribution in [3.05, 3.63) is 114 Å². The third kappa shape index (κ3) is 9.54. The van der Waals surface area contributed by atoms with Crippen molar-refractivity contribution in [1.29, 1.82) is 0 Å². The number of aromatic nitrogens is 2. The summed E-state index contributed by atoms with van der Waals surface area (Å²) in [6, 6.07) is 20.5. The molecule has 1 aromatic heterocycles. The first-order valence-electron chi connectivity index (χ1n) is 19.9. The molecule has 2 heterocycles. The lowest BCUT2D eigenvalue weighted by molar-refractivity contribution is -0.143. The van der Waals surface area contributed by atoms with Crippen LogP contribution in [0.1, 0.15) is 60.4 Å². The number of benzene rings is 3. The molecule has 0 unspecified atom stereocenters. The van der Waals surface area contributed by atoms with Crippen LogP contribution in [-0.2, 0) is 29.1 Å². The molecule has 6 rings (SSSR count). The summed E-state index contributed by atoms with van der Waals surface area (Å²) < 4.78 is 40.7. The lowest BCUT2D eigenvalue weighted by Gasteiger charge is -2.36. The van der Waals surface area contributed by atoms with Crippen molar-refractivity contribution in [2.75, 3.05) is 13.7 Å². The predicted octanol–water partition coefficient (Wildman–Crippen LogP) is 5.23. The first-order chi connectivity index (χ1) is 28.7. The number of hydrogen-bond acceptors (Lipinski definition) is 10. The number of likely N-dealkylation sites (tertiary alicyclic amines) is 1. The summed E-state index contributed by atoms with van der Waals surface area (Å²) in [5.41, 5.74) is -1.61. The predicted molar refractivity (Wildman–Crippen MR) is 229 cm³/mol. The topological polar surface area (TPSA) is 195 Å². The molecule has 1 saturated carbocycles. The van der Waals surface area contributed by atoms with Crippen LogP contribution in [0.3, 0.4) is 0 Å².